The van der Waals surface area contributed by atoms with E-state index in [1.807, 2.05) is 55.8 Å². The first-order valence-electron chi connectivity index (χ1n) is 8.30. The Morgan fingerprint density at radius 3 is 2.41 bits per heavy atom. The third-order valence-electron chi connectivity index (χ3n) is 4.43. The van der Waals surface area contributed by atoms with Gasteiger partial charge in [-0.15, -0.1) is 24.8 Å². The molecule has 9 heteroatoms. The van der Waals surface area contributed by atoms with Gasteiger partial charge in [-0.3, -0.25) is 10.1 Å². The Hall–Kier alpha value is -1.70. The Labute approximate surface area is 169 Å². The van der Waals surface area contributed by atoms with Crippen LogP contribution in [0.4, 0.5) is 8.78 Å². The molecule has 5 nitrogen and oxygen atoms in total. The van der Waals surface area contributed by atoms with Gasteiger partial charge in [0.1, 0.15) is 0 Å². The van der Waals surface area contributed by atoms with Gasteiger partial charge in [-0.25, -0.2) is 13.5 Å². The molecule has 1 saturated heterocycles. The molecule has 1 fully saturated rings. The van der Waals surface area contributed by atoms with Gasteiger partial charge < -0.3 is 5.32 Å². The number of carbonyl (C=O) groups excluding carboxylic acids is 1. The number of halogens is 4. The average Bonchev–Trinajstić information content (AvgIpc) is 3.08. The van der Waals surface area contributed by atoms with E-state index in [1.165, 1.54) is 0 Å². The molecule has 2 atom stereocenters. The summed E-state index contributed by atoms with van der Waals surface area (Å²) in [6.45, 7) is 5.32. The average molecular weight is 421 g/mol. The van der Waals surface area contributed by atoms with Crippen LogP contribution < -0.4 is 10.6 Å². The second-order valence-corrected chi connectivity index (χ2v) is 6.65. The largest absolute Gasteiger partial charge is 0.348 e. The van der Waals surface area contributed by atoms with E-state index >= 15 is 0 Å². The summed E-state index contributed by atoms with van der Waals surface area (Å²) in [5, 5.41) is 9.80. The van der Waals surface area contributed by atoms with E-state index in [1.54, 1.807) is 0 Å². The molecule has 2 unspecified atom stereocenters. The van der Waals surface area contributed by atoms with Gasteiger partial charge in [0.25, 0.3) is 5.92 Å². The van der Waals surface area contributed by atoms with Crippen LogP contribution >= 0.6 is 24.8 Å². The topological polar surface area (TPSA) is 59.0 Å². The second-order valence-electron chi connectivity index (χ2n) is 6.65. The third kappa shape index (κ3) is 5.40. The van der Waals surface area contributed by atoms with Gasteiger partial charge in [0.2, 0.25) is 5.91 Å². The zero-order chi connectivity index (χ0) is 18.2. The highest BCUT2D eigenvalue weighted by molar-refractivity contribution is 5.85. The lowest BCUT2D eigenvalue weighted by molar-refractivity contribution is -0.124. The predicted octanol–water partition coefficient (Wildman–Crippen LogP) is 3.51. The zero-order valence-corrected chi connectivity index (χ0v) is 17.0. The number of carbonyl (C=O) groups is 1. The van der Waals surface area contributed by atoms with Crippen LogP contribution in [0.1, 0.15) is 36.3 Å². The number of hydrogen-bond acceptors (Lipinski definition) is 3. The van der Waals surface area contributed by atoms with Crippen LogP contribution in [0, 0.1) is 13.8 Å². The molecule has 1 aliphatic heterocycles. The number of nitrogens with zero attached hydrogens (tertiary/aromatic N) is 2. The maximum absolute atomic E-state index is 13.2. The maximum Gasteiger partial charge on any atom is 0.262 e. The van der Waals surface area contributed by atoms with E-state index in [0.29, 0.717) is 0 Å². The van der Waals surface area contributed by atoms with Crippen LogP contribution in [0.15, 0.2) is 30.3 Å². The van der Waals surface area contributed by atoms with Crippen molar-refractivity contribution in [2.45, 2.75) is 45.2 Å². The minimum atomic E-state index is -2.81. The molecule has 150 valence electrons. The molecule has 0 radical (unpaired) electrons. The molecule has 1 aromatic heterocycles. The summed E-state index contributed by atoms with van der Waals surface area (Å²) in [4.78, 5) is 12.1. The lowest BCUT2D eigenvalue weighted by atomic mass is 10.1. The monoisotopic (exact) mass is 420 g/mol. The molecule has 0 saturated carbocycles. The van der Waals surface area contributed by atoms with E-state index in [0.717, 1.165) is 22.6 Å². The lowest BCUT2D eigenvalue weighted by Crippen LogP contribution is -2.41. The van der Waals surface area contributed by atoms with Crippen LogP contribution in [0.25, 0.3) is 5.69 Å². The SMILES string of the molecule is Cc1cc(C)n(-c2ccc(C(C)NC(=O)C3CC(F)(F)CN3)cc2)n1.Cl.Cl. The number of benzene rings is 1. The molecular formula is C18H24Cl2F2N4O. The van der Waals surface area contributed by atoms with Gasteiger partial charge in [0.15, 0.2) is 0 Å². The fourth-order valence-corrected chi connectivity index (χ4v) is 3.09. The molecule has 2 aromatic rings. The standard InChI is InChI=1S/C18H22F2N4O.2ClH/c1-11-8-12(2)24(23-11)15-6-4-14(5-7-15)13(3)22-17(25)16-9-18(19,20)10-21-16;;/h4-8,13,16,21H,9-10H2,1-3H3,(H,22,25);2*1H. The van der Waals surface area contributed by atoms with E-state index in [4.69, 9.17) is 0 Å². The van der Waals surface area contributed by atoms with Crippen LogP contribution in [0.5, 0.6) is 0 Å². The van der Waals surface area contributed by atoms with Crippen molar-refractivity contribution in [3.05, 3.63) is 47.3 Å². The fraction of sp³-hybridized carbons (Fsp3) is 0.444. The van der Waals surface area contributed by atoms with Crippen molar-refractivity contribution in [2.24, 2.45) is 0 Å². The van der Waals surface area contributed by atoms with E-state index in [9.17, 15) is 13.6 Å². The molecule has 0 aliphatic carbocycles. The smallest absolute Gasteiger partial charge is 0.262 e. The number of hydrogen-bond donors (Lipinski definition) is 2. The molecule has 1 aliphatic rings. The number of aryl methyl sites for hydroxylation is 2. The summed E-state index contributed by atoms with van der Waals surface area (Å²) in [6.07, 6.45) is -0.456. The van der Waals surface area contributed by atoms with Crippen molar-refractivity contribution in [3.63, 3.8) is 0 Å². The molecule has 3 rings (SSSR count). The highest BCUT2D eigenvalue weighted by atomic mass is 35.5. The maximum atomic E-state index is 13.2. The van der Waals surface area contributed by atoms with Crippen LogP contribution in [-0.2, 0) is 4.79 Å². The predicted molar refractivity (Wildman–Crippen MR) is 105 cm³/mol. The van der Waals surface area contributed by atoms with Crippen molar-refractivity contribution in [1.82, 2.24) is 20.4 Å². The zero-order valence-electron chi connectivity index (χ0n) is 15.3. The molecule has 1 amide bonds. The summed E-state index contributed by atoms with van der Waals surface area (Å²) < 4.78 is 28.3. The number of aromatic nitrogens is 2. The Morgan fingerprint density at radius 2 is 1.93 bits per heavy atom. The van der Waals surface area contributed by atoms with Gasteiger partial charge in [0, 0.05) is 12.1 Å². The quantitative estimate of drug-likeness (QED) is 0.795. The van der Waals surface area contributed by atoms with Crippen molar-refractivity contribution >= 4 is 30.7 Å². The molecule has 1 aromatic carbocycles. The summed E-state index contributed by atoms with van der Waals surface area (Å²) in [7, 11) is 0. The highest BCUT2D eigenvalue weighted by Crippen LogP contribution is 2.25. The molecular weight excluding hydrogens is 397 g/mol. The van der Waals surface area contributed by atoms with Crippen molar-refractivity contribution in [3.8, 4) is 5.69 Å². The molecule has 2 heterocycles. The minimum Gasteiger partial charge on any atom is -0.348 e. The van der Waals surface area contributed by atoms with Crippen molar-refractivity contribution in [1.29, 1.82) is 0 Å². The summed E-state index contributed by atoms with van der Waals surface area (Å²) in [6, 6.07) is 8.57. The van der Waals surface area contributed by atoms with Crippen LogP contribution in [0.3, 0.4) is 0 Å². The summed E-state index contributed by atoms with van der Waals surface area (Å²) in [5.74, 6) is -3.21. The van der Waals surface area contributed by atoms with E-state index in [2.05, 4.69) is 15.7 Å². The molecule has 27 heavy (non-hydrogen) atoms. The fourth-order valence-electron chi connectivity index (χ4n) is 3.09. The first-order chi connectivity index (χ1) is 11.7. The second kappa shape index (κ2) is 8.99. The molecule has 0 bridgehead atoms. The third-order valence-corrected chi connectivity index (χ3v) is 4.43. The molecule has 2 N–H and O–H groups in total. The van der Waals surface area contributed by atoms with Gasteiger partial charge >= 0.3 is 0 Å². The first-order valence-corrected chi connectivity index (χ1v) is 8.30. The van der Waals surface area contributed by atoms with Crippen molar-refractivity contribution in [2.75, 3.05) is 6.54 Å². The normalized spacial score (nSPS) is 18.9. The first kappa shape index (κ1) is 23.3. The van der Waals surface area contributed by atoms with E-state index < -0.39 is 30.8 Å². The van der Waals surface area contributed by atoms with Gasteiger partial charge in [0.05, 0.1) is 30.0 Å². The Bertz CT molecular complexity index is 780. The summed E-state index contributed by atoms with van der Waals surface area (Å²) >= 11 is 0. The minimum absolute atomic E-state index is 0. The van der Waals surface area contributed by atoms with Gasteiger partial charge in [-0.2, -0.15) is 5.10 Å². The van der Waals surface area contributed by atoms with Gasteiger partial charge in [-0.1, -0.05) is 12.1 Å². The van der Waals surface area contributed by atoms with Crippen molar-refractivity contribution < 1.29 is 13.6 Å². The number of rotatable bonds is 4. The lowest BCUT2D eigenvalue weighted by Gasteiger charge is -2.18. The number of amides is 1. The Kier molecular flexibility index (Phi) is 7.77. The van der Waals surface area contributed by atoms with Crippen LogP contribution in [-0.4, -0.2) is 34.2 Å². The molecule has 0 spiro atoms. The van der Waals surface area contributed by atoms with Crippen LogP contribution in [0.2, 0.25) is 0 Å². The van der Waals surface area contributed by atoms with Gasteiger partial charge in [-0.05, 0) is 44.5 Å². The van der Waals surface area contributed by atoms with E-state index in [-0.39, 0.29) is 30.9 Å². The summed E-state index contributed by atoms with van der Waals surface area (Å²) in [5.41, 5.74) is 3.83. The number of alkyl halides is 2. The Morgan fingerprint density at radius 1 is 1.30 bits per heavy atom. The Balaban J connectivity index is 0.00000182. The number of nitrogens with one attached hydrogen (secondary N) is 2. The highest BCUT2D eigenvalue weighted by Gasteiger charge is 2.42.